The molecule has 6 nitrogen and oxygen atoms in total. The third-order valence-corrected chi connectivity index (χ3v) is 6.92. The normalized spacial score (nSPS) is 19.0. The summed E-state index contributed by atoms with van der Waals surface area (Å²) in [6, 6.07) is 8.33. The Morgan fingerprint density at radius 1 is 1.18 bits per heavy atom. The zero-order valence-electron chi connectivity index (χ0n) is 16.4. The molecular weight excluding hydrogens is 372 g/mol. The minimum atomic E-state index is 0.180. The van der Waals surface area contributed by atoms with Crippen LogP contribution in [-0.4, -0.2) is 53.8 Å². The van der Waals surface area contributed by atoms with Crippen LogP contribution in [0.4, 0.5) is 0 Å². The van der Waals surface area contributed by atoms with E-state index in [1.807, 2.05) is 24.3 Å². The van der Waals surface area contributed by atoms with Crippen molar-refractivity contribution in [2.45, 2.75) is 50.5 Å². The lowest BCUT2D eigenvalue weighted by molar-refractivity contribution is -0.123. The first-order valence-electron chi connectivity index (χ1n) is 10.2. The van der Waals surface area contributed by atoms with Crippen LogP contribution >= 0.6 is 11.3 Å². The van der Waals surface area contributed by atoms with Crippen LogP contribution in [0.1, 0.15) is 49.5 Å². The number of aromatic nitrogens is 2. The average Bonchev–Trinajstić information content (AvgIpc) is 3.40. The molecule has 4 rings (SSSR count). The van der Waals surface area contributed by atoms with Gasteiger partial charge in [-0.2, -0.15) is 0 Å². The van der Waals surface area contributed by atoms with E-state index in [0.29, 0.717) is 18.5 Å². The van der Waals surface area contributed by atoms with Crippen LogP contribution in [0.2, 0.25) is 0 Å². The fraction of sp³-hybridized carbons (Fsp3) is 0.571. The van der Waals surface area contributed by atoms with Gasteiger partial charge in [-0.1, -0.05) is 36.3 Å². The van der Waals surface area contributed by atoms with Crippen molar-refractivity contribution in [2.24, 2.45) is 0 Å². The maximum Gasteiger partial charge on any atom is 0.234 e. The lowest BCUT2D eigenvalue weighted by Crippen LogP contribution is -2.43. The molecule has 2 fully saturated rings. The second-order valence-electron chi connectivity index (χ2n) is 7.75. The Hall–Kier alpha value is -1.99. The summed E-state index contributed by atoms with van der Waals surface area (Å²) in [7, 11) is 1.68. The largest absolute Gasteiger partial charge is 0.496 e. The summed E-state index contributed by atoms with van der Waals surface area (Å²) in [6.45, 7) is 2.39. The summed E-state index contributed by atoms with van der Waals surface area (Å²) in [4.78, 5) is 14.5. The molecule has 2 aromatic rings. The topological polar surface area (TPSA) is 67.4 Å². The van der Waals surface area contributed by atoms with E-state index >= 15 is 0 Å². The van der Waals surface area contributed by atoms with Crippen molar-refractivity contribution in [1.29, 1.82) is 0 Å². The van der Waals surface area contributed by atoms with E-state index in [2.05, 4.69) is 20.4 Å². The third-order valence-electron chi connectivity index (χ3n) is 5.80. The van der Waals surface area contributed by atoms with Gasteiger partial charge in [0.05, 0.1) is 19.2 Å². The predicted octanol–water partition coefficient (Wildman–Crippen LogP) is 3.45. The molecule has 1 aliphatic carbocycles. The fourth-order valence-electron chi connectivity index (χ4n) is 4.21. The van der Waals surface area contributed by atoms with Crippen molar-refractivity contribution in [3.05, 3.63) is 29.3 Å². The Kier molecular flexibility index (Phi) is 6.22. The summed E-state index contributed by atoms with van der Waals surface area (Å²) in [6.07, 6.45) is 6.82. The van der Waals surface area contributed by atoms with Crippen LogP contribution in [0.15, 0.2) is 24.3 Å². The number of carbonyl (C=O) groups excluding carboxylic acids is 1. The Bertz CT molecular complexity index is 795. The van der Waals surface area contributed by atoms with Crippen LogP contribution in [-0.2, 0) is 4.79 Å². The summed E-state index contributed by atoms with van der Waals surface area (Å²) in [5.74, 6) is 1.43. The molecule has 150 valence electrons. The lowest BCUT2D eigenvalue weighted by Gasteiger charge is -2.30. The van der Waals surface area contributed by atoms with Crippen LogP contribution < -0.4 is 10.1 Å². The Balaban J connectivity index is 1.30. The van der Waals surface area contributed by atoms with Gasteiger partial charge in [0, 0.05) is 12.0 Å². The molecule has 1 aromatic heterocycles. The smallest absolute Gasteiger partial charge is 0.234 e. The number of likely N-dealkylation sites (tertiary alicyclic amines) is 1. The van der Waals surface area contributed by atoms with E-state index < -0.39 is 0 Å². The molecule has 0 spiro atoms. The Morgan fingerprint density at radius 3 is 2.68 bits per heavy atom. The molecule has 0 atom stereocenters. The summed E-state index contributed by atoms with van der Waals surface area (Å²) >= 11 is 1.66. The quantitative estimate of drug-likeness (QED) is 0.804. The van der Waals surface area contributed by atoms with Gasteiger partial charge >= 0.3 is 0 Å². The number of nitrogens with zero attached hydrogens (tertiary/aromatic N) is 3. The van der Waals surface area contributed by atoms with Crippen molar-refractivity contribution < 1.29 is 9.53 Å². The number of hydrogen-bond acceptors (Lipinski definition) is 6. The van der Waals surface area contributed by atoms with Crippen LogP contribution in [0, 0.1) is 0 Å². The highest BCUT2D eigenvalue weighted by Crippen LogP contribution is 2.36. The number of carbonyl (C=O) groups is 1. The Labute approximate surface area is 170 Å². The molecule has 0 radical (unpaired) electrons. The number of nitrogens with one attached hydrogen (secondary N) is 1. The van der Waals surface area contributed by atoms with Gasteiger partial charge in [0.25, 0.3) is 0 Å². The van der Waals surface area contributed by atoms with Gasteiger partial charge in [0.2, 0.25) is 5.91 Å². The number of benzene rings is 1. The Morgan fingerprint density at radius 2 is 1.93 bits per heavy atom. The average molecular weight is 401 g/mol. The van der Waals surface area contributed by atoms with Crippen molar-refractivity contribution >= 4 is 17.2 Å². The van der Waals surface area contributed by atoms with Gasteiger partial charge in [-0.15, -0.1) is 10.2 Å². The molecule has 1 saturated heterocycles. The molecule has 1 N–H and O–H groups in total. The lowest BCUT2D eigenvalue weighted by atomic mass is 9.98. The van der Waals surface area contributed by atoms with E-state index in [1.165, 1.54) is 12.8 Å². The highest BCUT2D eigenvalue weighted by atomic mass is 32.1. The molecule has 0 bridgehead atoms. The number of rotatable bonds is 6. The third kappa shape index (κ3) is 4.52. The second kappa shape index (κ2) is 9.01. The summed E-state index contributed by atoms with van der Waals surface area (Å²) < 4.78 is 5.45. The molecule has 1 aromatic carbocycles. The summed E-state index contributed by atoms with van der Waals surface area (Å²) in [5, 5.41) is 14.1. The van der Waals surface area contributed by atoms with Gasteiger partial charge in [-0.05, 0) is 50.9 Å². The van der Waals surface area contributed by atoms with E-state index in [0.717, 1.165) is 60.1 Å². The van der Waals surface area contributed by atoms with Crippen molar-refractivity contribution in [3.63, 3.8) is 0 Å². The SMILES string of the molecule is COc1ccccc1-c1nnc(C2CCN(CC(=O)NC3CCCC3)CC2)s1. The van der Waals surface area contributed by atoms with Gasteiger partial charge in [0.1, 0.15) is 10.8 Å². The number of methoxy groups -OCH3 is 1. The fourth-order valence-corrected chi connectivity index (χ4v) is 5.26. The molecule has 1 saturated carbocycles. The van der Waals surface area contributed by atoms with Gasteiger partial charge in [-0.3, -0.25) is 9.69 Å². The molecule has 28 heavy (non-hydrogen) atoms. The van der Waals surface area contributed by atoms with Gasteiger partial charge in [0.15, 0.2) is 5.01 Å². The highest BCUT2D eigenvalue weighted by molar-refractivity contribution is 7.14. The number of para-hydroxylation sites is 1. The number of piperidine rings is 1. The standard InChI is InChI=1S/C21H28N4O2S/c1-27-18-9-5-4-8-17(18)21-24-23-20(28-21)15-10-12-25(13-11-15)14-19(26)22-16-6-2-3-7-16/h4-5,8-9,15-16H,2-3,6-7,10-14H2,1H3,(H,22,26). The van der Waals surface area contributed by atoms with Gasteiger partial charge in [-0.25, -0.2) is 0 Å². The predicted molar refractivity (Wildman–Crippen MR) is 111 cm³/mol. The molecule has 7 heteroatoms. The van der Waals surface area contributed by atoms with E-state index in [-0.39, 0.29) is 5.91 Å². The zero-order valence-corrected chi connectivity index (χ0v) is 17.2. The number of ether oxygens (including phenoxy) is 1. The molecule has 2 heterocycles. The first kappa shape index (κ1) is 19.3. The molecule has 2 aliphatic rings. The molecular formula is C21H28N4O2S. The van der Waals surface area contributed by atoms with E-state index in [1.54, 1.807) is 18.4 Å². The maximum absolute atomic E-state index is 12.3. The molecule has 0 unspecified atom stereocenters. The van der Waals surface area contributed by atoms with E-state index in [9.17, 15) is 4.79 Å². The minimum Gasteiger partial charge on any atom is -0.496 e. The molecule has 1 aliphatic heterocycles. The van der Waals surface area contributed by atoms with Crippen LogP contribution in [0.25, 0.3) is 10.6 Å². The zero-order chi connectivity index (χ0) is 19.3. The first-order valence-corrected chi connectivity index (χ1v) is 11.0. The number of amides is 1. The van der Waals surface area contributed by atoms with E-state index in [4.69, 9.17) is 4.74 Å². The first-order chi connectivity index (χ1) is 13.7. The van der Waals surface area contributed by atoms with Crippen LogP contribution in [0.3, 0.4) is 0 Å². The minimum absolute atomic E-state index is 0.180. The monoisotopic (exact) mass is 400 g/mol. The maximum atomic E-state index is 12.3. The summed E-state index contributed by atoms with van der Waals surface area (Å²) in [5.41, 5.74) is 0.995. The molecule has 1 amide bonds. The second-order valence-corrected chi connectivity index (χ2v) is 8.75. The highest BCUT2D eigenvalue weighted by Gasteiger charge is 2.26. The van der Waals surface area contributed by atoms with Crippen LogP contribution in [0.5, 0.6) is 5.75 Å². The number of hydrogen-bond donors (Lipinski definition) is 1. The van der Waals surface area contributed by atoms with Crippen molar-refractivity contribution in [2.75, 3.05) is 26.7 Å². The van der Waals surface area contributed by atoms with Gasteiger partial charge < -0.3 is 10.1 Å². The van der Waals surface area contributed by atoms with Crippen molar-refractivity contribution in [3.8, 4) is 16.3 Å². The van der Waals surface area contributed by atoms with Crippen molar-refractivity contribution in [1.82, 2.24) is 20.4 Å².